The third kappa shape index (κ3) is 5.94. The Kier molecular flexibility index (Phi) is 4.99. The van der Waals surface area contributed by atoms with Gasteiger partial charge in [-0.15, -0.1) is 0 Å². The zero-order chi connectivity index (χ0) is 12.7. The molecule has 0 fully saturated rings. The number of aromatic nitrogens is 1. The minimum Gasteiger partial charge on any atom is -0.479 e. The van der Waals surface area contributed by atoms with Crippen molar-refractivity contribution in [1.82, 2.24) is 10.3 Å². The lowest BCUT2D eigenvalue weighted by Gasteiger charge is -2.07. The molecule has 1 heterocycles. The van der Waals surface area contributed by atoms with Crippen LogP contribution in [0.4, 0.5) is 0 Å². The molecule has 0 bridgehead atoms. The SMILES string of the molecule is CNCc1ccc(OCC#CC(C)(C)C)cn1. The quantitative estimate of drug-likeness (QED) is 0.808. The molecular formula is C14H20N2O. The second-order valence-electron chi connectivity index (χ2n) is 4.86. The highest BCUT2D eigenvalue weighted by atomic mass is 16.5. The second-order valence-corrected chi connectivity index (χ2v) is 4.86. The van der Waals surface area contributed by atoms with Crippen LogP contribution in [-0.2, 0) is 6.54 Å². The first-order valence-corrected chi connectivity index (χ1v) is 5.73. The third-order valence-electron chi connectivity index (χ3n) is 1.93. The van der Waals surface area contributed by atoms with Crippen LogP contribution in [0, 0.1) is 17.3 Å². The molecule has 0 saturated heterocycles. The highest BCUT2D eigenvalue weighted by Crippen LogP contribution is 2.10. The predicted octanol–water partition coefficient (Wildman–Crippen LogP) is 2.23. The highest BCUT2D eigenvalue weighted by Gasteiger charge is 2.02. The van der Waals surface area contributed by atoms with Crippen molar-refractivity contribution in [3.63, 3.8) is 0 Å². The number of ether oxygens (including phenoxy) is 1. The number of rotatable bonds is 4. The summed E-state index contributed by atoms with van der Waals surface area (Å²) < 4.78 is 5.48. The number of nitrogens with zero attached hydrogens (tertiary/aromatic N) is 1. The minimum absolute atomic E-state index is 0.0261. The van der Waals surface area contributed by atoms with Crippen molar-refractivity contribution in [1.29, 1.82) is 0 Å². The first kappa shape index (κ1) is 13.5. The van der Waals surface area contributed by atoms with Crippen molar-refractivity contribution in [2.24, 2.45) is 5.41 Å². The molecule has 0 aliphatic heterocycles. The summed E-state index contributed by atoms with van der Waals surface area (Å²) in [5.41, 5.74) is 1.03. The average Bonchev–Trinajstić information content (AvgIpc) is 2.26. The number of pyridine rings is 1. The smallest absolute Gasteiger partial charge is 0.149 e. The van der Waals surface area contributed by atoms with Gasteiger partial charge in [0, 0.05) is 12.0 Å². The molecule has 1 rings (SSSR count). The van der Waals surface area contributed by atoms with Crippen LogP contribution in [0.5, 0.6) is 5.75 Å². The topological polar surface area (TPSA) is 34.1 Å². The number of hydrogen-bond acceptors (Lipinski definition) is 3. The Balaban J connectivity index is 2.44. The molecule has 0 amide bonds. The van der Waals surface area contributed by atoms with Gasteiger partial charge in [-0.1, -0.05) is 11.8 Å². The van der Waals surface area contributed by atoms with Gasteiger partial charge in [0.1, 0.15) is 12.4 Å². The van der Waals surface area contributed by atoms with Gasteiger partial charge in [0.05, 0.1) is 11.9 Å². The molecule has 1 aromatic heterocycles. The zero-order valence-corrected chi connectivity index (χ0v) is 11.0. The summed E-state index contributed by atoms with van der Waals surface area (Å²) in [7, 11) is 1.90. The Morgan fingerprint density at radius 1 is 1.35 bits per heavy atom. The average molecular weight is 232 g/mol. The van der Waals surface area contributed by atoms with Crippen LogP contribution in [0.3, 0.4) is 0 Å². The predicted molar refractivity (Wildman–Crippen MR) is 69.7 cm³/mol. The molecule has 0 aromatic carbocycles. The Hall–Kier alpha value is -1.53. The summed E-state index contributed by atoms with van der Waals surface area (Å²) in [5.74, 6) is 6.88. The molecule has 0 atom stereocenters. The maximum absolute atomic E-state index is 5.48. The van der Waals surface area contributed by atoms with Gasteiger partial charge in [-0.2, -0.15) is 0 Å². The van der Waals surface area contributed by atoms with E-state index in [1.54, 1.807) is 6.20 Å². The second kappa shape index (κ2) is 6.27. The molecule has 3 nitrogen and oxygen atoms in total. The Labute approximate surface area is 104 Å². The summed E-state index contributed by atoms with van der Waals surface area (Å²) >= 11 is 0. The van der Waals surface area contributed by atoms with Gasteiger partial charge in [-0.25, -0.2) is 0 Å². The van der Waals surface area contributed by atoms with Crippen LogP contribution in [0.15, 0.2) is 18.3 Å². The molecule has 17 heavy (non-hydrogen) atoms. The van der Waals surface area contributed by atoms with Gasteiger partial charge in [-0.3, -0.25) is 4.98 Å². The van der Waals surface area contributed by atoms with Crippen molar-refractivity contribution in [3.05, 3.63) is 24.0 Å². The first-order chi connectivity index (χ1) is 8.01. The Morgan fingerprint density at radius 2 is 2.12 bits per heavy atom. The van der Waals surface area contributed by atoms with Crippen molar-refractivity contribution in [3.8, 4) is 17.6 Å². The van der Waals surface area contributed by atoms with E-state index in [2.05, 4.69) is 42.9 Å². The normalized spacial score (nSPS) is 10.6. The molecule has 0 aliphatic rings. The molecule has 1 aromatic rings. The summed E-state index contributed by atoms with van der Waals surface area (Å²) in [4.78, 5) is 4.26. The lowest BCUT2D eigenvalue weighted by molar-refractivity contribution is 0.367. The number of nitrogens with one attached hydrogen (secondary N) is 1. The van der Waals surface area contributed by atoms with Crippen LogP contribution in [-0.4, -0.2) is 18.6 Å². The third-order valence-corrected chi connectivity index (χ3v) is 1.93. The van der Waals surface area contributed by atoms with Gasteiger partial charge in [-0.05, 0) is 40.0 Å². The maximum atomic E-state index is 5.48. The molecule has 3 heteroatoms. The molecule has 0 radical (unpaired) electrons. The standard InChI is InChI=1S/C14H20N2O/c1-14(2,3)8-5-9-17-13-7-6-12(10-15-4)16-11-13/h6-7,11,15H,9-10H2,1-4H3. The molecular weight excluding hydrogens is 212 g/mol. The van der Waals surface area contributed by atoms with Crippen molar-refractivity contribution in [2.75, 3.05) is 13.7 Å². The Bertz CT molecular complexity index is 393. The maximum Gasteiger partial charge on any atom is 0.149 e. The van der Waals surface area contributed by atoms with E-state index in [1.807, 2.05) is 19.2 Å². The van der Waals surface area contributed by atoms with E-state index in [0.29, 0.717) is 6.61 Å². The van der Waals surface area contributed by atoms with Crippen LogP contribution >= 0.6 is 0 Å². The van der Waals surface area contributed by atoms with Gasteiger partial charge < -0.3 is 10.1 Å². The van der Waals surface area contributed by atoms with Crippen LogP contribution < -0.4 is 10.1 Å². The van der Waals surface area contributed by atoms with Crippen LogP contribution in [0.2, 0.25) is 0 Å². The van der Waals surface area contributed by atoms with Crippen LogP contribution in [0.1, 0.15) is 26.5 Å². The van der Waals surface area contributed by atoms with E-state index >= 15 is 0 Å². The highest BCUT2D eigenvalue weighted by molar-refractivity contribution is 5.20. The van der Waals surface area contributed by atoms with E-state index in [-0.39, 0.29) is 5.41 Å². The lowest BCUT2D eigenvalue weighted by Crippen LogP contribution is -2.06. The fraction of sp³-hybridized carbons (Fsp3) is 0.500. The molecule has 0 unspecified atom stereocenters. The van der Waals surface area contributed by atoms with Gasteiger partial charge >= 0.3 is 0 Å². The van der Waals surface area contributed by atoms with Gasteiger partial charge in [0.25, 0.3) is 0 Å². The zero-order valence-electron chi connectivity index (χ0n) is 11.0. The van der Waals surface area contributed by atoms with Gasteiger partial charge in [0.15, 0.2) is 0 Å². The van der Waals surface area contributed by atoms with Crippen molar-refractivity contribution >= 4 is 0 Å². The fourth-order valence-electron chi connectivity index (χ4n) is 1.20. The first-order valence-electron chi connectivity index (χ1n) is 5.73. The lowest BCUT2D eigenvalue weighted by atomic mass is 9.98. The molecule has 0 saturated carbocycles. The van der Waals surface area contributed by atoms with Gasteiger partial charge in [0.2, 0.25) is 0 Å². The molecule has 0 aliphatic carbocycles. The summed E-state index contributed by atoms with van der Waals surface area (Å²) in [6, 6.07) is 3.86. The van der Waals surface area contributed by atoms with E-state index in [1.165, 1.54) is 0 Å². The summed E-state index contributed by atoms with van der Waals surface area (Å²) in [5, 5.41) is 3.05. The monoisotopic (exact) mass is 232 g/mol. The minimum atomic E-state index is 0.0261. The van der Waals surface area contributed by atoms with E-state index in [9.17, 15) is 0 Å². The van der Waals surface area contributed by atoms with Crippen molar-refractivity contribution < 1.29 is 4.74 Å². The number of hydrogen-bond donors (Lipinski definition) is 1. The van der Waals surface area contributed by atoms with Crippen molar-refractivity contribution in [2.45, 2.75) is 27.3 Å². The largest absolute Gasteiger partial charge is 0.479 e. The molecule has 92 valence electrons. The summed E-state index contributed by atoms with van der Waals surface area (Å²) in [6.07, 6.45) is 1.73. The molecule has 0 spiro atoms. The van der Waals surface area contributed by atoms with E-state index in [0.717, 1.165) is 18.0 Å². The summed E-state index contributed by atoms with van der Waals surface area (Å²) in [6.45, 7) is 7.41. The van der Waals surface area contributed by atoms with E-state index < -0.39 is 0 Å². The van der Waals surface area contributed by atoms with E-state index in [4.69, 9.17) is 4.74 Å². The molecule has 1 N–H and O–H groups in total. The fourth-order valence-corrected chi connectivity index (χ4v) is 1.20. The Morgan fingerprint density at radius 3 is 2.65 bits per heavy atom. The van der Waals surface area contributed by atoms with Crippen LogP contribution in [0.25, 0.3) is 0 Å².